The number of hydrogen-bond donors (Lipinski definition) is 2. The van der Waals surface area contributed by atoms with Gasteiger partial charge in [-0.3, -0.25) is 18.8 Å². The van der Waals surface area contributed by atoms with E-state index in [0.29, 0.717) is 24.2 Å². The number of nitrogens with one attached hydrogen (secondary N) is 2. The van der Waals surface area contributed by atoms with Gasteiger partial charge in [0.05, 0.1) is 11.2 Å². The van der Waals surface area contributed by atoms with Gasteiger partial charge in [0.2, 0.25) is 0 Å². The Labute approximate surface area is 177 Å². The first-order valence-electron chi connectivity index (χ1n) is 9.83. The van der Waals surface area contributed by atoms with Gasteiger partial charge in [-0.15, -0.1) is 0 Å². The summed E-state index contributed by atoms with van der Waals surface area (Å²) in [6.07, 6.45) is 11.0. The number of rotatable bonds is 3. The molecule has 10 heteroatoms. The highest BCUT2D eigenvalue weighted by Gasteiger charge is 2.45. The molecule has 3 aromatic heterocycles. The van der Waals surface area contributed by atoms with Crippen molar-refractivity contribution in [1.29, 1.82) is 0 Å². The number of hydrogen-bond acceptors (Lipinski definition) is 6. The Kier molecular flexibility index (Phi) is 4.35. The number of pyridine rings is 1. The number of carbonyl (C=O) groups is 1. The molecule has 0 atom stereocenters. The average molecular weight is 426 g/mol. The predicted octanol–water partition coefficient (Wildman–Crippen LogP) is 2.80. The maximum Gasteiger partial charge on any atom is 0.276 e. The Bertz CT molecular complexity index is 1210. The molecular weight excluding hydrogens is 406 g/mol. The third-order valence-electron chi connectivity index (χ3n) is 5.81. The number of anilines is 2. The van der Waals surface area contributed by atoms with Crippen LogP contribution in [0.2, 0.25) is 5.02 Å². The third-order valence-corrected chi connectivity index (χ3v) is 6.09. The van der Waals surface area contributed by atoms with E-state index in [9.17, 15) is 9.59 Å². The Morgan fingerprint density at radius 2 is 2.00 bits per heavy atom. The van der Waals surface area contributed by atoms with Crippen molar-refractivity contribution in [2.45, 2.75) is 37.8 Å². The van der Waals surface area contributed by atoms with Crippen LogP contribution in [0.4, 0.5) is 11.5 Å². The number of fused-ring (bicyclic) bond motifs is 2. The smallest absolute Gasteiger partial charge is 0.276 e. The van der Waals surface area contributed by atoms with E-state index in [0.717, 1.165) is 24.8 Å². The van der Waals surface area contributed by atoms with Crippen LogP contribution in [0, 0.1) is 0 Å². The molecule has 5 rings (SSSR count). The Hall–Kier alpha value is -3.20. The maximum absolute atomic E-state index is 13.5. The lowest BCUT2D eigenvalue weighted by molar-refractivity contribution is 0.0877. The molecule has 0 bridgehead atoms. The van der Waals surface area contributed by atoms with Crippen molar-refractivity contribution in [2.75, 3.05) is 5.32 Å². The predicted molar refractivity (Wildman–Crippen MR) is 112 cm³/mol. The molecule has 1 saturated carbocycles. The zero-order valence-electron chi connectivity index (χ0n) is 16.4. The van der Waals surface area contributed by atoms with Gasteiger partial charge in [0.25, 0.3) is 11.5 Å². The summed E-state index contributed by atoms with van der Waals surface area (Å²) in [7, 11) is 1.82. The summed E-state index contributed by atoms with van der Waals surface area (Å²) in [6, 6.07) is 1.49. The van der Waals surface area contributed by atoms with Gasteiger partial charge in [-0.2, -0.15) is 5.10 Å². The van der Waals surface area contributed by atoms with E-state index < -0.39 is 5.66 Å². The number of aryl methyl sites for hydroxylation is 1. The standard InChI is InChI=1S/C20H20ClN7O2/c1-27-10-12(8-24-27)13-9-22-11-23-17(13)25-15-7-14(21)16-18(29)26-20(28(16)19(15)30)5-3-2-4-6-20/h7-11H,2-6H2,1H3,(H,26,29)(H,22,23,25). The largest absolute Gasteiger partial charge is 0.335 e. The number of amides is 1. The first-order chi connectivity index (χ1) is 14.5. The van der Waals surface area contributed by atoms with Crippen LogP contribution in [0.1, 0.15) is 42.6 Å². The second-order valence-corrected chi connectivity index (χ2v) is 8.16. The van der Waals surface area contributed by atoms with Crippen LogP contribution in [0.15, 0.2) is 35.8 Å². The van der Waals surface area contributed by atoms with Gasteiger partial charge in [-0.05, 0) is 31.7 Å². The zero-order valence-corrected chi connectivity index (χ0v) is 17.1. The van der Waals surface area contributed by atoms with Crippen LogP contribution in [-0.4, -0.2) is 30.2 Å². The van der Waals surface area contributed by atoms with Crippen LogP contribution in [0.25, 0.3) is 11.1 Å². The second kappa shape index (κ2) is 6.94. The number of carbonyl (C=O) groups excluding carboxylic acids is 1. The summed E-state index contributed by atoms with van der Waals surface area (Å²) in [5.74, 6) is 0.158. The Balaban J connectivity index is 1.62. The van der Waals surface area contributed by atoms with Gasteiger partial charge in [-0.1, -0.05) is 18.0 Å². The minimum absolute atomic E-state index is 0.226. The highest BCUT2D eigenvalue weighted by atomic mass is 35.5. The minimum atomic E-state index is -0.707. The molecule has 4 heterocycles. The van der Waals surface area contributed by atoms with Crippen LogP contribution >= 0.6 is 11.6 Å². The van der Waals surface area contributed by atoms with Crippen LogP contribution in [0.5, 0.6) is 0 Å². The van der Waals surface area contributed by atoms with E-state index in [1.54, 1.807) is 21.6 Å². The van der Waals surface area contributed by atoms with Crippen LogP contribution in [0.3, 0.4) is 0 Å². The number of nitrogens with zero attached hydrogens (tertiary/aromatic N) is 5. The molecule has 0 aromatic carbocycles. The van der Waals surface area contributed by atoms with Gasteiger partial charge in [0.15, 0.2) is 0 Å². The third kappa shape index (κ3) is 2.88. The van der Waals surface area contributed by atoms with E-state index in [-0.39, 0.29) is 27.9 Å². The molecule has 1 aliphatic carbocycles. The SMILES string of the molecule is Cn1cc(-c2cncnc2Nc2cc(Cl)c3n(c2=O)C2(CCCCC2)NC3=O)cn1. The summed E-state index contributed by atoms with van der Waals surface area (Å²) in [6.45, 7) is 0. The maximum atomic E-state index is 13.5. The Morgan fingerprint density at radius 3 is 2.73 bits per heavy atom. The summed E-state index contributed by atoms with van der Waals surface area (Å²) in [5, 5.41) is 10.6. The van der Waals surface area contributed by atoms with E-state index >= 15 is 0 Å². The molecule has 1 spiro atoms. The molecule has 154 valence electrons. The zero-order chi connectivity index (χ0) is 20.9. The van der Waals surface area contributed by atoms with Gasteiger partial charge < -0.3 is 10.6 Å². The molecule has 0 radical (unpaired) electrons. The second-order valence-electron chi connectivity index (χ2n) is 7.75. The lowest BCUT2D eigenvalue weighted by Crippen LogP contribution is -2.48. The molecule has 0 unspecified atom stereocenters. The van der Waals surface area contributed by atoms with Crippen molar-refractivity contribution in [3.63, 3.8) is 0 Å². The van der Waals surface area contributed by atoms with Crippen LogP contribution in [-0.2, 0) is 12.7 Å². The van der Waals surface area contributed by atoms with Crippen molar-refractivity contribution in [3.8, 4) is 11.1 Å². The summed E-state index contributed by atoms with van der Waals surface area (Å²) < 4.78 is 3.22. The topological polar surface area (TPSA) is 107 Å². The fraction of sp³-hybridized carbons (Fsp3) is 0.350. The molecule has 30 heavy (non-hydrogen) atoms. The highest BCUT2D eigenvalue weighted by molar-refractivity contribution is 6.34. The monoisotopic (exact) mass is 425 g/mol. The van der Waals surface area contributed by atoms with E-state index in [1.807, 2.05) is 13.2 Å². The number of halogens is 1. The summed E-state index contributed by atoms with van der Waals surface area (Å²) in [4.78, 5) is 34.5. The fourth-order valence-electron chi connectivity index (χ4n) is 4.43. The fourth-order valence-corrected chi connectivity index (χ4v) is 4.71. The van der Waals surface area contributed by atoms with Gasteiger partial charge in [-0.25, -0.2) is 9.97 Å². The van der Waals surface area contributed by atoms with E-state index in [2.05, 4.69) is 25.7 Å². The first kappa shape index (κ1) is 18.8. The minimum Gasteiger partial charge on any atom is -0.335 e. The molecule has 2 N–H and O–H groups in total. The van der Waals surface area contributed by atoms with E-state index in [1.165, 1.54) is 12.4 Å². The van der Waals surface area contributed by atoms with Crippen molar-refractivity contribution in [1.82, 2.24) is 29.6 Å². The van der Waals surface area contributed by atoms with Gasteiger partial charge >= 0.3 is 0 Å². The first-order valence-corrected chi connectivity index (χ1v) is 10.2. The van der Waals surface area contributed by atoms with Crippen LogP contribution < -0.4 is 16.2 Å². The quantitative estimate of drug-likeness (QED) is 0.668. The molecule has 9 nitrogen and oxygen atoms in total. The van der Waals surface area contributed by atoms with Crippen molar-refractivity contribution in [2.24, 2.45) is 7.05 Å². The molecule has 0 saturated heterocycles. The molecule has 2 aliphatic rings. The number of aromatic nitrogens is 5. The lowest BCUT2D eigenvalue weighted by Gasteiger charge is -2.35. The lowest BCUT2D eigenvalue weighted by atomic mass is 9.89. The van der Waals surface area contributed by atoms with Crippen molar-refractivity contribution >= 4 is 29.0 Å². The van der Waals surface area contributed by atoms with E-state index in [4.69, 9.17) is 11.6 Å². The normalized spacial score (nSPS) is 17.1. The highest BCUT2D eigenvalue weighted by Crippen LogP contribution is 2.39. The molecule has 1 amide bonds. The molecule has 1 aliphatic heterocycles. The summed E-state index contributed by atoms with van der Waals surface area (Å²) >= 11 is 6.46. The van der Waals surface area contributed by atoms with Crippen molar-refractivity contribution < 1.29 is 4.79 Å². The van der Waals surface area contributed by atoms with Gasteiger partial charge in [0.1, 0.15) is 29.2 Å². The van der Waals surface area contributed by atoms with Crippen molar-refractivity contribution in [3.05, 3.63) is 52.1 Å². The molecule has 3 aromatic rings. The Morgan fingerprint density at radius 1 is 1.20 bits per heavy atom. The molecule has 1 fully saturated rings. The summed E-state index contributed by atoms with van der Waals surface area (Å²) in [5.41, 5.74) is 0.992. The average Bonchev–Trinajstić information content (AvgIpc) is 3.28. The molecular formula is C20H20ClN7O2. The van der Waals surface area contributed by atoms with Gasteiger partial charge in [0, 0.05) is 30.6 Å².